The van der Waals surface area contributed by atoms with Crippen molar-refractivity contribution in [2.75, 3.05) is 0 Å². The molecule has 1 aliphatic rings. The van der Waals surface area contributed by atoms with Crippen LogP contribution in [-0.4, -0.2) is 6.10 Å². The predicted octanol–water partition coefficient (Wildman–Crippen LogP) is 4.46. The van der Waals surface area contributed by atoms with Crippen molar-refractivity contribution in [3.8, 4) is 0 Å². The Labute approximate surface area is 124 Å². The maximum absolute atomic E-state index is 6.20. The Kier molecular flexibility index (Phi) is 4.39. The largest absolute Gasteiger partial charge is 0.373 e. The smallest absolute Gasteiger partial charge is 0.0738 e. The predicted molar refractivity (Wildman–Crippen MR) is 85.9 cm³/mol. The molecule has 0 saturated heterocycles. The van der Waals surface area contributed by atoms with Crippen molar-refractivity contribution in [1.82, 2.24) is 0 Å². The Balaban J connectivity index is 1.76. The summed E-state index contributed by atoms with van der Waals surface area (Å²) in [5.41, 5.74) is 7.21. The summed E-state index contributed by atoms with van der Waals surface area (Å²) >= 11 is 1.81. The summed E-state index contributed by atoms with van der Waals surface area (Å²) in [6.07, 6.45) is 5.52. The van der Waals surface area contributed by atoms with Gasteiger partial charge in [0.2, 0.25) is 0 Å². The number of hydrogen-bond donors (Lipinski definition) is 1. The van der Waals surface area contributed by atoms with Crippen molar-refractivity contribution < 1.29 is 4.74 Å². The highest BCUT2D eigenvalue weighted by molar-refractivity contribution is 7.19. The number of hydrogen-bond acceptors (Lipinski definition) is 3. The van der Waals surface area contributed by atoms with Gasteiger partial charge in [0, 0.05) is 21.7 Å². The van der Waals surface area contributed by atoms with E-state index in [1.165, 1.54) is 46.2 Å². The SMILES string of the molecule is CC1CCCC(OCc2c(CN)sc3ccccc23)C1. The van der Waals surface area contributed by atoms with Crippen LogP contribution < -0.4 is 5.73 Å². The van der Waals surface area contributed by atoms with E-state index in [2.05, 4.69) is 31.2 Å². The van der Waals surface area contributed by atoms with Gasteiger partial charge in [0.05, 0.1) is 12.7 Å². The summed E-state index contributed by atoms with van der Waals surface area (Å²) in [5, 5.41) is 1.32. The van der Waals surface area contributed by atoms with E-state index < -0.39 is 0 Å². The highest BCUT2D eigenvalue weighted by Crippen LogP contribution is 2.33. The molecule has 2 N–H and O–H groups in total. The van der Waals surface area contributed by atoms with Crippen molar-refractivity contribution in [1.29, 1.82) is 0 Å². The van der Waals surface area contributed by atoms with E-state index in [0.29, 0.717) is 19.3 Å². The average Bonchev–Trinajstić information content (AvgIpc) is 2.83. The first-order chi connectivity index (χ1) is 9.78. The van der Waals surface area contributed by atoms with Crippen LogP contribution in [-0.2, 0) is 17.9 Å². The Hall–Kier alpha value is -0.900. The molecule has 1 fully saturated rings. The second-order valence-corrected chi connectivity index (χ2v) is 7.05. The second kappa shape index (κ2) is 6.25. The maximum atomic E-state index is 6.20. The lowest BCUT2D eigenvalue weighted by atomic mass is 9.89. The van der Waals surface area contributed by atoms with E-state index in [1.807, 2.05) is 0 Å². The zero-order chi connectivity index (χ0) is 13.9. The minimum absolute atomic E-state index is 0.433. The molecule has 0 bridgehead atoms. The zero-order valence-corrected chi connectivity index (χ0v) is 12.9. The van der Waals surface area contributed by atoms with Gasteiger partial charge in [-0.05, 0) is 30.2 Å². The minimum atomic E-state index is 0.433. The Morgan fingerprint density at radius 1 is 1.30 bits per heavy atom. The van der Waals surface area contributed by atoms with Crippen molar-refractivity contribution in [2.24, 2.45) is 11.7 Å². The molecule has 1 aromatic carbocycles. The molecule has 2 unspecified atom stereocenters. The summed E-state index contributed by atoms with van der Waals surface area (Å²) < 4.78 is 7.52. The summed E-state index contributed by atoms with van der Waals surface area (Å²) in [4.78, 5) is 1.27. The van der Waals surface area contributed by atoms with E-state index in [9.17, 15) is 0 Å². The van der Waals surface area contributed by atoms with Gasteiger partial charge in [-0.1, -0.05) is 38.0 Å². The molecule has 1 heterocycles. The van der Waals surface area contributed by atoms with Crippen LogP contribution in [0.1, 0.15) is 43.0 Å². The molecule has 3 rings (SSSR count). The van der Waals surface area contributed by atoms with Crippen molar-refractivity contribution >= 4 is 21.4 Å². The standard InChI is InChI=1S/C17H23NOS/c1-12-5-4-6-13(9-12)19-11-15-14-7-2-3-8-16(14)20-17(15)10-18/h2-3,7-8,12-13H,4-6,9-11,18H2,1H3. The third kappa shape index (κ3) is 2.90. The van der Waals surface area contributed by atoms with Crippen LogP contribution in [0.3, 0.4) is 0 Å². The summed E-state index contributed by atoms with van der Waals surface area (Å²) in [7, 11) is 0. The van der Waals surface area contributed by atoms with Crippen LogP contribution >= 0.6 is 11.3 Å². The fourth-order valence-corrected chi connectivity index (χ4v) is 4.29. The van der Waals surface area contributed by atoms with E-state index in [0.717, 1.165) is 5.92 Å². The molecule has 108 valence electrons. The third-order valence-corrected chi connectivity index (χ3v) is 5.55. The van der Waals surface area contributed by atoms with Crippen molar-refractivity contribution in [2.45, 2.75) is 51.9 Å². The Morgan fingerprint density at radius 2 is 2.15 bits per heavy atom. The molecule has 2 nitrogen and oxygen atoms in total. The van der Waals surface area contributed by atoms with E-state index >= 15 is 0 Å². The number of rotatable bonds is 4. The number of fused-ring (bicyclic) bond motifs is 1. The fraction of sp³-hybridized carbons (Fsp3) is 0.529. The molecule has 20 heavy (non-hydrogen) atoms. The molecule has 0 aliphatic heterocycles. The zero-order valence-electron chi connectivity index (χ0n) is 12.1. The van der Waals surface area contributed by atoms with E-state index in [-0.39, 0.29) is 0 Å². The molecule has 0 radical (unpaired) electrons. The quantitative estimate of drug-likeness (QED) is 0.902. The molecular weight excluding hydrogens is 266 g/mol. The van der Waals surface area contributed by atoms with Gasteiger partial charge in [-0.15, -0.1) is 11.3 Å². The topological polar surface area (TPSA) is 35.2 Å². The van der Waals surface area contributed by atoms with Gasteiger partial charge in [0.15, 0.2) is 0 Å². The Morgan fingerprint density at radius 3 is 2.95 bits per heavy atom. The monoisotopic (exact) mass is 289 g/mol. The van der Waals surface area contributed by atoms with Crippen LogP contribution in [0, 0.1) is 5.92 Å². The molecule has 1 aromatic heterocycles. The molecule has 2 atom stereocenters. The summed E-state index contributed by atoms with van der Waals surface area (Å²) in [6, 6.07) is 8.55. The number of ether oxygens (including phenoxy) is 1. The first kappa shape index (κ1) is 14.1. The minimum Gasteiger partial charge on any atom is -0.373 e. The van der Waals surface area contributed by atoms with E-state index in [1.54, 1.807) is 11.3 Å². The molecule has 1 saturated carbocycles. The first-order valence-electron chi connectivity index (χ1n) is 7.59. The third-order valence-electron chi connectivity index (χ3n) is 4.32. The number of nitrogens with two attached hydrogens (primary N) is 1. The molecule has 3 heteroatoms. The van der Waals surface area contributed by atoms with Crippen LogP contribution in [0.2, 0.25) is 0 Å². The highest BCUT2D eigenvalue weighted by Gasteiger charge is 2.20. The van der Waals surface area contributed by atoms with Gasteiger partial charge in [-0.3, -0.25) is 0 Å². The summed E-state index contributed by atoms with van der Waals surface area (Å²) in [6.45, 7) is 3.66. The van der Waals surface area contributed by atoms with E-state index in [4.69, 9.17) is 10.5 Å². The molecule has 2 aromatic rings. The lowest BCUT2D eigenvalue weighted by Gasteiger charge is -2.26. The number of thiophene rings is 1. The van der Waals surface area contributed by atoms with Gasteiger partial charge in [-0.2, -0.15) is 0 Å². The van der Waals surface area contributed by atoms with Crippen molar-refractivity contribution in [3.63, 3.8) is 0 Å². The molecular formula is C17H23NOS. The van der Waals surface area contributed by atoms with Gasteiger partial charge in [-0.25, -0.2) is 0 Å². The number of benzene rings is 1. The van der Waals surface area contributed by atoms with Gasteiger partial charge >= 0.3 is 0 Å². The molecule has 1 aliphatic carbocycles. The normalized spacial score (nSPS) is 23.3. The van der Waals surface area contributed by atoms with Crippen LogP contribution in [0.15, 0.2) is 24.3 Å². The Bertz CT molecular complexity index is 577. The molecule has 0 amide bonds. The van der Waals surface area contributed by atoms with Crippen LogP contribution in [0.4, 0.5) is 0 Å². The van der Waals surface area contributed by atoms with Gasteiger partial charge in [0.25, 0.3) is 0 Å². The molecule has 0 spiro atoms. The average molecular weight is 289 g/mol. The van der Waals surface area contributed by atoms with Gasteiger partial charge in [0.1, 0.15) is 0 Å². The lowest BCUT2D eigenvalue weighted by Crippen LogP contribution is -2.21. The fourth-order valence-electron chi connectivity index (χ4n) is 3.20. The first-order valence-corrected chi connectivity index (χ1v) is 8.40. The van der Waals surface area contributed by atoms with Crippen molar-refractivity contribution in [3.05, 3.63) is 34.7 Å². The second-order valence-electron chi connectivity index (χ2n) is 5.91. The maximum Gasteiger partial charge on any atom is 0.0738 e. The van der Waals surface area contributed by atoms with Crippen LogP contribution in [0.5, 0.6) is 0 Å². The van der Waals surface area contributed by atoms with Gasteiger partial charge < -0.3 is 10.5 Å². The highest BCUT2D eigenvalue weighted by atomic mass is 32.1. The van der Waals surface area contributed by atoms with Crippen LogP contribution in [0.25, 0.3) is 10.1 Å². The lowest BCUT2D eigenvalue weighted by molar-refractivity contribution is 0.00504. The summed E-state index contributed by atoms with van der Waals surface area (Å²) in [5.74, 6) is 0.807.